The number of nitrogens with one attached hydrogen (secondary N) is 1. The molecule has 2 aromatic carbocycles. The summed E-state index contributed by atoms with van der Waals surface area (Å²) in [5.74, 6) is -0.949. The summed E-state index contributed by atoms with van der Waals surface area (Å²) in [4.78, 5) is 36.0. The van der Waals surface area contributed by atoms with Gasteiger partial charge < -0.3 is 15.0 Å². The van der Waals surface area contributed by atoms with Crippen LogP contribution in [0.3, 0.4) is 0 Å². The predicted molar refractivity (Wildman–Crippen MR) is 121 cm³/mol. The van der Waals surface area contributed by atoms with E-state index < -0.39 is 5.97 Å². The Balaban J connectivity index is 1.36. The maximum atomic E-state index is 12.4. The number of hydrogen-bond donors (Lipinski definition) is 1. The lowest BCUT2D eigenvalue weighted by Crippen LogP contribution is -2.22. The molecule has 7 heteroatoms. The molecule has 0 bridgehead atoms. The van der Waals surface area contributed by atoms with Crippen molar-refractivity contribution >= 4 is 34.3 Å². The second kappa shape index (κ2) is 8.71. The van der Waals surface area contributed by atoms with Gasteiger partial charge in [-0.1, -0.05) is 0 Å². The van der Waals surface area contributed by atoms with Gasteiger partial charge in [-0.15, -0.1) is 0 Å². The monoisotopic (exact) mass is 418 g/mol. The third-order valence-corrected chi connectivity index (χ3v) is 5.60. The zero-order valence-corrected chi connectivity index (χ0v) is 18.1. The number of carbonyl (C=O) groups is 2. The van der Waals surface area contributed by atoms with Crippen molar-refractivity contribution in [1.82, 2.24) is 9.97 Å². The van der Waals surface area contributed by atoms with Crippen molar-refractivity contribution in [2.45, 2.75) is 33.6 Å². The zero-order valence-electron chi connectivity index (χ0n) is 18.1. The van der Waals surface area contributed by atoms with Crippen LogP contribution in [0.15, 0.2) is 36.4 Å². The first-order valence-electron chi connectivity index (χ1n) is 10.5. The molecule has 1 amide bonds. The summed E-state index contributed by atoms with van der Waals surface area (Å²) in [6.45, 7) is 7.51. The van der Waals surface area contributed by atoms with Crippen LogP contribution in [-0.4, -0.2) is 41.5 Å². The number of amides is 1. The van der Waals surface area contributed by atoms with Gasteiger partial charge >= 0.3 is 5.97 Å². The van der Waals surface area contributed by atoms with E-state index >= 15 is 0 Å². The van der Waals surface area contributed by atoms with Gasteiger partial charge in [0.1, 0.15) is 0 Å². The number of aromatic nitrogens is 2. The highest BCUT2D eigenvalue weighted by Gasteiger charge is 2.15. The van der Waals surface area contributed by atoms with Gasteiger partial charge in [-0.3, -0.25) is 4.79 Å². The topological polar surface area (TPSA) is 84.4 Å². The smallest absolute Gasteiger partial charge is 0.338 e. The molecule has 1 fully saturated rings. The molecule has 2 heterocycles. The van der Waals surface area contributed by atoms with Gasteiger partial charge in [0, 0.05) is 24.5 Å². The molecule has 0 aliphatic carbocycles. The summed E-state index contributed by atoms with van der Waals surface area (Å²) < 4.78 is 5.20. The molecule has 1 aliphatic heterocycles. The first kappa shape index (κ1) is 20.8. The zero-order chi connectivity index (χ0) is 22.0. The number of fused-ring (bicyclic) bond motifs is 1. The van der Waals surface area contributed by atoms with Gasteiger partial charge in [0.05, 0.1) is 28.0 Å². The molecule has 0 spiro atoms. The van der Waals surface area contributed by atoms with Crippen LogP contribution in [0.5, 0.6) is 0 Å². The lowest BCUT2D eigenvalue weighted by atomic mass is 10.1. The van der Waals surface area contributed by atoms with Gasteiger partial charge in [-0.05, 0) is 75.6 Å². The summed E-state index contributed by atoms with van der Waals surface area (Å²) >= 11 is 0. The number of aryl methyl sites for hydroxylation is 3. The van der Waals surface area contributed by atoms with E-state index in [9.17, 15) is 9.59 Å². The standard InChI is InChI=1S/C24H26N4O3/c1-15-12-19(28-10-4-5-11-28)7-9-20(15)27-23(29)14-31-24(30)18-6-8-21-22(13-18)26-17(3)16(2)25-21/h6-9,12-13H,4-5,10-11,14H2,1-3H3,(H,27,29). The van der Waals surface area contributed by atoms with Gasteiger partial charge in [-0.2, -0.15) is 0 Å². The quantitative estimate of drug-likeness (QED) is 0.632. The third-order valence-electron chi connectivity index (χ3n) is 5.60. The minimum atomic E-state index is -0.571. The van der Waals surface area contributed by atoms with Crippen LogP contribution in [-0.2, 0) is 9.53 Å². The summed E-state index contributed by atoms with van der Waals surface area (Å²) in [5.41, 5.74) is 6.19. The molecule has 7 nitrogen and oxygen atoms in total. The van der Waals surface area contributed by atoms with E-state index in [-0.39, 0.29) is 12.5 Å². The van der Waals surface area contributed by atoms with Crippen LogP contribution in [0, 0.1) is 20.8 Å². The Kier molecular flexibility index (Phi) is 5.84. The molecule has 0 saturated carbocycles. The summed E-state index contributed by atoms with van der Waals surface area (Å²) in [6.07, 6.45) is 2.43. The number of ether oxygens (including phenoxy) is 1. The SMILES string of the molecule is Cc1cc(N2CCCC2)ccc1NC(=O)COC(=O)c1ccc2nc(C)c(C)nc2c1. The average molecular weight is 418 g/mol. The fourth-order valence-electron chi connectivity index (χ4n) is 3.72. The van der Waals surface area contributed by atoms with Crippen molar-refractivity contribution in [2.24, 2.45) is 0 Å². The fraction of sp³-hybridized carbons (Fsp3) is 0.333. The molecule has 1 aromatic heterocycles. The highest BCUT2D eigenvalue weighted by Crippen LogP contribution is 2.25. The second-order valence-corrected chi connectivity index (χ2v) is 7.92. The lowest BCUT2D eigenvalue weighted by Gasteiger charge is -2.19. The van der Waals surface area contributed by atoms with Gasteiger partial charge in [0.25, 0.3) is 5.91 Å². The van der Waals surface area contributed by atoms with E-state index in [1.54, 1.807) is 18.2 Å². The van der Waals surface area contributed by atoms with Crippen LogP contribution < -0.4 is 10.2 Å². The first-order valence-corrected chi connectivity index (χ1v) is 10.5. The van der Waals surface area contributed by atoms with Crippen molar-refractivity contribution in [3.05, 3.63) is 58.9 Å². The maximum Gasteiger partial charge on any atom is 0.338 e. The number of hydrogen-bond acceptors (Lipinski definition) is 6. The van der Waals surface area contributed by atoms with Gasteiger partial charge in [-0.25, -0.2) is 14.8 Å². The minimum Gasteiger partial charge on any atom is -0.452 e. The van der Waals surface area contributed by atoms with Crippen LogP contribution in [0.1, 0.15) is 40.2 Å². The lowest BCUT2D eigenvalue weighted by molar-refractivity contribution is -0.119. The molecule has 3 aromatic rings. The number of rotatable bonds is 5. The highest BCUT2D eigenvalue weighted by atomic mass is 16.5. The Morgan fingerprint density at radius 2 is 1.68 bits per heavy atom. The average Bonchev–Trinajstić information content (AvgIpc) is 3.29. The molecule has 31 heavy (non-hydrogen) atoms. The number of esters is 1. The van der Waals surface area contributed by atoms with E-state index in [0.717, 1.165) is 35.7 Å². The van der Waals surface area contributed by atoms with Crippen LogP contribution >= 0.6 is 0 Å². The van der Waals surface area contributed by atoms with E-state index in [4.69, 9.17) is 4.74 Å². The number of anilines is 2. The second-order valence-electron chi connectivity index (χ2n) is 7.92. The Labute approximate surface area is 181 Å². The predicted octanol–water partition coefficient (Wildman–Crippen LogP) is 3.95. The molecule has 0 radical (unpaired) electrons. The molecule has 4 rings (SSSR count). The first-order chi connectivity index (χ1) is 14.9. The van der Waals surface area contributed by atoms with Crippen molar-refractivity contribution in [3.63, 3.8) is 0 Å². The van der Waals surface area contributed by atoms with E-state index in [0.29, 0.717) is 16.6 Å². The third kappa shape index (κ3) is 4.66. The Morgan fingerprint density at radius 3 is 2.39 bits per heavy atom. The largest absolute Gasteiger partial charge is 0.452 e. The Hall–Kier alpha value is -3.48. The number of nitrogens with zero attached hydrogens (tertiary/aromatic N) is 3. The Bertz CT molecular complexity index is 1150. The Morgan fingerprint density at radius 1 is 0.968 bits per heavy atom. The van der Waals surface area contributed by atoms with Crippen LogP contribution in [0.4, 0.5) is 11.4 Å². The fourth-order valence-corrected chi connectivity index (χ4v) is 3.72. The number of benzene rings is 2. The maximum absolute atomic E-state index is 12.4. The van der Waals surface area contributed by atoms with Crippen LogP contribution in [0.2, 0.25) is 0 Å². The summed E-state index contributed by atoms with van der Waals surface area (Å²) in [5, 5.41) is 2.82. The van der Waals surface area contributed by atoms with Gasteiger partial charge in [0.2, 0.25) is 0 Å². The van der Waals surface area contributed by atoms with E-state index in [2.05, 4.69) is 26.3 Å². The van der Waals surface area contributed by atoms with Crippen molar-refractivity contribution < 1.29 is 14.3 Å². The molecule has 160 valence electrons. The number of carbonyl (C=O) groups excluding carboxylic acids is 2. The minimum absolute atomic E-state index is 0.337. The van der Waals surface area contributed by atoms with Crippen LogP contribution in [0.25, 0.3) is 11.0 Å². The molecular weight excluding hydrogens is 392 g/mol. The molecule has 1 aliphatic rings. The molecule has 1 saturated heterocycles. The molecular formula is C24H26N4O3. The van der Waals surface area contributed by atoms with Crippen molar-refractivity contribution in [1.29, 1.82) is 0 Å². The highest BCUT2D eigenvalue weighted by molar-refractivity contribution is 5.97. The van der Waals surface area contributed by atoms with Gasteiger partial charge in [0.15, 0.2) is 6.61 Å². The normalized spacial score (nSPS) is 13.5. The van der Waals surface area contributed by atoms with E-state index in [1.165, 1.54) is 18.5 Å². The molecule has 0 atom stereocenters. The summed E-state index contributed by atoms with van der Waals surface area (Å²) in [6, 6.07) is 11.0. The molecule has 1 N–H and O–H groups in total. The summed E-state index contributed by atoms with van der Waals surface area (Å²) in [7, 11) is 0. The molecule has 0 unspecified atom stereocenters. The van der Waals surface area contributed by atoms with Crippen molar-refractivity contribution in [2.75, 3.05) is 29.9 Å². The van der Waals surface area contributed by atoms with E-state index in [1.807, 2.05) is 32.9 Å². The van der Waals surface area contributed by atoms with Crippen molar-refractivity contribution in [3.8, 4) is 0 Å².